The van der Waals surface area contributed by atoms with E-state index in [1.165, 1.54) is 47.8 Å². The Bertz CT molecular complexity index is 372. The van der Waals surface area contributed by atoms with E-state index >= 15 is 0 Å². The molecule has 0 N–H and O–H groups in total. The molecule has 0 unspecified atom stereocenters. The van der Waals surface area contributed by atoms with Crippen LogP contribution in [0.1, 0.15) is 37.7 Å². The summed E-state index contributed by atoms with van der Waals surface area (Å²) in [5, 5.41) is 0.923. The first-order chi connectivity index (χ1) is 8.22. The molecule has 0 amide bonds. The standard InChI is InChI=1S/C14H19Br2N/c1-17(13-5-3-2-4-6-13)14-9-12(16)8-7-11(14)10-15/h7-9,13H,2-6,10H2,1H3. The third kappa shape index (κ3) is 3.25. The third-order valence-electron chi connectivity index (χ3n) is 3.69. The number of rotatable bonds is 3. The summed E-state index contributed by atoms with van der Waals surface area (Å²) >= 11 is 7.16. The maximum atomic E-state index is 3.58. The molecule has 0 bridgehead atoms. The minimum atomic E-state index is 0.718. The predicted molar refractivity (Wildman–Crippen MR) is 82.0 cm³/mol. The molecule has 0 heterocycles. The Labute approximate surface area is 121 Å². The van der Waals surface area contributed by atoms with Crippen LogP contribution in [0.4, 0.5) is 5.69 Å². The molecule has 0 spiro atoms. The Hall–Kier alpha value is -0.0200. The van der Waals surface area contributed by atoms with Crippen molar-refractivity contribution in [1.29, 1.82) is 0 Å². The molecule has 1 aliphatic rings. The summed E-state index contributed by atoms with van der Waals surface area (Å²) in [5.41, 5.74) is 2.74. The lowest BCUT2D eigenvalue weighted by molar-refractivity contribution is 0.427. The van der Waals surface area contributed by atoms with Crippen LogP contribution in [0.3, 0.4) is 0 Å². The zero-order valence-electron chi connectivity index (χ0n) is 10.3. The molecule has 94 valence electrons. The Morgan fingerprint density at radius 1 is 1.24 bits per heavy atom. The highest BCUT2D eigenvalue weighted by Gasteiger charge is 2.20. The van der Waals surface area contributed by atoms with E-state index in [9.17, 15) is 0 Å². The van der Waals surface area contributed by atoms with Crippen molar-refractivity contribution in [3.8, 4) is 0 Å². The van der Waals surface area contributed by atoms with Crippen LogP contribution in [0.2, 0.25) is 0 Å². The number of anilines is 1. The van der Waals surface area contributed by atoms with Crippen LogP contribution >= 0.6 is 31.9 Å². The van der Waals surface area contributed by atoms with Crippen molar-refractivity contribution < 1.29 is 0 Å². The second-order valence-electron chi connectivity index (χ2n) is 4.81. The van der Waals surface area contributed by atoms with Crippen molar-refractivity contribution in [3.05, 3.63) is 28.2 Å². The summed E-state index contributed by atoms with van der Waals surface area (Å²) in [6.45, 7) is 0. The molecule has 0 aliphatic heterocycles. The molecule has 3 heteroatoms. The van der Waals surface area contributed by atoms with E-state index in [2.05, 4.69) is 62.0 Å². The minimum absolute atomic E-state index is 0.718. The fourth-order valence-corrected chi connectivity index (χ4v) is 3.47. The number of benzene rings is 1. The van der Waals surface area contributed by atoms with Crippen LogP contribution in [0.15, 0.2) is 22.7 Å². The van der Waals surface area contributed by atoms with Gasteiger partial charge in [0.2, 0.25) is 0 Å². The Balaban J connectivity index is 2.21. The van der Waals surface area contributed by atoms with Gasteiger partial charge in [-0.3, -0.25) is 0 Å². The summed E-state index contributed by atoms with van der Waals surface area (Å²) in [7, 11) is 2.24. The molecule has 1 aromatic carbocycles. The lowest BCUT2D eigenvalue weighted by Gasteiger charge is -2.34. The summed E-state index contributed by atoms with van der Waals surface area (Å²) < 4.78 is 1.17. The van der Waals surface area contributed by atoms with E-state index in [1.54, 1.807) is 0 Å². The Kier molecular flexibility index (Phi) is 4.92. The molecule has 1 fully saturated rings. The van der Waals surface area contributed by atoms with Gasteiger partial charge in [-0.25, -0.2) is 0 Å². The molecule has 1 aliphatic carbocycles. The van der Waals surface area contributed by atoms with E-state index < -0.39 is 0 Å². The van der Waals surface area contributed by atoms with Crippen molar-refractivity contribution in [1.82, 2.24) is 0 Å². The Morgan fingerprint density at radius 2 is 1.94 bits per heavy atom. The van der Waals surface area contributed by atoms with Gasteiger partial charge in [0.25, 0.3) is 0 Å². The monoisotopic (exact) mass is 359 g/mol. The van der Waals surface area contributed by atoms with Crippen molar-refractivity contribution in [3.63, 3.8) is 0 Å². The number of hydrogen-bond acceptors (Lipinski definition) is 1. The van der Waals surface area contributed by atoms with Gasteiger partial charge in [-0.2, -0.15) is 0 Å². The molecule has 0 radical (unpaired) electrons. The van der Waals surface area contributed by atoms with Crippen LogP contribution in [-0.4, -0.2) is 13.1 Å². The van der Waals surface area contributed by atoms with Gasteiger partial charge in [0.1, 0.15) is 0 Å². The zero-order valence-corrected chi connectivity index (χ0v) is 13.4. The molecule has 0 atom stereocenters. The summed E-state index contributed by atoms with van der Waals surface area (Å²) in [5.74, 6) is 0. The molecule has 1 saturated carbocycles. The number of nitrogens with zero attached hydrogens (tertiary/aromatic N) is 1. The van der Waals surface area contributed by atoms with Gasteiger partial charge in [-0.05, 0) is 30.5 Å². The van der Waals surface area contributed by atoms with Gasteiger partial charge >= 0.3 is 0 Å². The van der Waals surface area contributed by atoms with Crippen LogP contribution in [0, 0.1) is 0 Å². The lowest BCUT2D eigenvalue weighted by atomic mass is 9.94. The molecular weight excluding hydrogens is 342 g/mol. The smallest absolute Gasteiger partial charge is 0.0418 e. The molecule has 17 heavy (non-hydrogen) atoms. The third-order valence-corrected chi connectivity index (χ3v) is 4.79. The van der Waals surface area contributed by atoms with Crippen LogP contribution in [0.5, 0.6) is 0 Å². The van der Waals surface area contributed by atoms with Gasteiger partial charge < -0.3 is 4.90 Å². The maximum absolute atomic E-state index is 3.58. The van der Waals surface area contributed by atoms with E-state index in [0.29, 0.717) is 0 Å². The summed E-state index contributed by atoms with van der Waals surface area (Å²) in [4.78, 5) is 2.47. The molecule has 1 aromatic rings. The van der Waals surface area contributed by atoms with Crippen molar-refractivity contribution in [2.75, 3.05) is 11.9 Å². The predicted octanol–water partition coefficient (Wildman–Crippen LogP) is 5.11. The fraction of sp³-hybridized carbons (Fsp3) is 0.571. The van der Waals surface area contributed by atoms with Crippen molar-refractivity contribution >= 4 is 37.5 Å². The molecule has 0 saturated heterocycles. The summed E-state index contributed by atoms with van der Waals surface area (Å²) in [6.07, 6.45) is 6.85. The van der Waals surface area contributed by atoms with Gasteiger partial charge in [0.05, 0.1) is 0 Å². The molecule has 2 rings (SSSR count). The van der Waals surface area contributed by atoms with Gasteiger partial charge in [-0.15, -0.1) is 0 Å². The normalized spacial score (nSPS) is 17.1. The maximum Gasteiger partial charge on any atom is 0.0418 e. The highest BCUT2D eigenvalue weighted by atomic mass is 79.9. The molecule has 1 nitrogen and oxygen atoms in total. The van der Waals surface area contributed by atoms with Crippen LogP contribution < -0.4 is 4.90 Å². The lowest BCUT2D eigenvalue weighted by Crippen LogP contribution is -2.33. The first kappa shape index (κ1) is 13.4. The van der Waals surface area contributed by atoms with Crippen molar-refractivity contribution in [2.24, 2.45) is 0 Å². The van der Waals surface area contributed by atoms with E-state index in [4.69, 9.17) is 0 Å². The van der Waals surface area contributed by atoms with Gasteiger partial charge in [-0.1, -0.05) is 57.2 Å². The van der Waals surface area contributed by atoms with Crippen LogP contribution in [0.25, 0.3) is 0 Å². The topological polar surface area (TPSA) is 3.24 Å². The SMILES string of the molecule is CN(c1cc(Br)ccc1CBr)C1CCCCC1. The minimum Gasteiger partial charge on any atom is -0.371 e. The number of halogens is 2. The van der Waals surface area contributed by atoms with Gasteiger partial charge in [0.15, 0.2) is 0 Å². The largest absolute Gasteiger partial charge is 0.371 e. The van der Waals surface area contributed by atoms with E-state index in [-0.39, 0.29) is 0 Å². The number of alkyl halides is 1. The average Bonchev–Trinajstić information content (AvgIpc) is 2.39. The number of hydrogen-bond donors (Lipinski definition) is 0. The first-order valence-corrected chi connectivity index (χ1v) is 8.21. The van der Waals surface area contributed by atoms with Crippen molar-refractivity contribution in [2.45, 2.75) is 43.5 Å². The quantitative estimate of drug-likeness (QED) is 0.676. The van der Waals surface area contributed by atoms with E-state index in [1.807, 2.05) is 0 Å². The second-order valence-corrected chi connectivity index (χ2v) is 6.29. The Morgan fingerprint density at radius 3 is 2.59 bits per heavy atom. The zero-order chi connectivity index (χ0) is 12.3. The molecular formula is C14H19Br2N. The highest BCUT2D eigenvalue weighted by Crippen LogP contribution is 2.31. The highest BCUT2D eigenvalue weighted by molar-refractivity contribution is 9.10. The van der Waals surface area contributed by atoms with E-state index in [0.717, 1.165) is 11.4 Å². The second kappa shape index (κ2) is 6.24. The fourth-order valence-electron chi connectivity index (χ4n) is 2.64. The van der Waals surface area contributed by atoms with Crippen LogP contribution in [-0.2, 0) is 5.33 Å². The first-order valence-electron chi connectivity index (χ1n) is 6.29. The summed E-state index contributed by atoms with van der Waals surface area (Å²) in [6, 6.07) is 7.28. The average molecular weight is 361 g/mol. The molecule has 0 aromatic heterocycles. The van der Waals surface area contributed by atoms with Gasteiger partial charge in [0, 0.05) is 28.6 Å².